The van der Waals surface area contributed by atoms with Gasteiger partial charge in [-0.15, -0.1) is 0 Å². The van der Waals surface area contributed by atoms with Crippen molar-refractivity contribution in [3.05, 3.63) is 6.92 Å². The van der Waals surface area contributed by atoms with Crippen molar-refractivity contribution in [2.24, 2.45) is 0 Å². The smallest absolute Gasteiger partial charge is 0.306 e. The van der Waals surface area contributed by atoms with Gasteiger partial charge in [-0.3, -0.25) is 4.79 Å². The van der Waals surface area contributed by atoms with Crippen LogP contribution in [0.25, 0.3) is 0 Å². The average Bonchev–Trinajstić information content (AvgIpc) is 1.96. The monoisotopic (exact) mass is 175 g/mol. The topological polar surface area (TPSA) is 26.3 Å². The Bertz CT molecular complexity index is 104. The van der Waals surface area contributed by atoms with Gasteiger partial charge in [0.1, 0.15) is 6.61 Å². The van der Waals surface area contributed by atoms with E-state index in [0.29, 0.717) is 6.61 Å². The Morgan fingerprint density at radius 1 is 1.55 bits per heavy atom. The van der Waals surface area contributed by atoms with Crippen LogP contribution >= 0.6 is 11.8 Å². The fraction of sp³-hybridized carbons (Fsp3) is 0.750. The molecular formula is C8H15O2S. The number of thioether (sulfide) groups is 1. The van der Waals surface area contributed by atoms with Crippen LogP contribution in [-0.4, -0.2) is 24.1 Å². The van der Waals surface area contributed by atoms with Gasteiger partial charge in [0, 0.05) is 5.75 Å². The Morgan fingerprint density at radius 2 is 2.27 bits per heavy atom. The molecule has 0 aliphatic carbocycles. The molecule has 0 aromatic heterocycles. The Labute approximate surface area is 72.7 Å². The second-order valence-corrected chi connectivity index (χ2v) is 3.41. The lowest BCUT2D eigenvalue weighted by molar-refractivity contribution is -0.137. The molecule has 0 saturated carbocycles. The minimum absolute atomic E-state index is 0.430. The summed E-state index contributed by atoms with van der Waals surface area (Å²) in [7, 11) is 0. The first-order valence-electron chi connectivity index (χ1n) is 3.83. The lowest BCUT2D eigenvalue weighted by atomic mass is 10.4. The summed E-state index contributed by atoms with van der Waals surface area (Å²) in [4.78, 5) is 10.2. The fourth-order valence-electron chi connectivity index (χ4n) is 0.563. The SMILES string of the molecule is [CH2]C(=O)OCCSCCCC. The van der Waals surface area contributed by atoms with Crippen molar-refractivity contribution < 1.29 is 9.53 Å². The maximum absolute atomic E-state index is 10.2. The summed E-state index contributed by atoms with van der Waals surface area (Å²) in [5, 5.41) is 0. The van der Waals surface area contributed by atoms with E-state index < -0.39 is 5.97 Å². The molecule has 0 N–H and O–H groups in total. The Kier molecular flexibility index (Phi) is 7.79. The highest BCUT2D eigenvalue weighted by Crippen LogP contribution is 2.03. The second-order valence-electron chi connectivity index (χ2n) is 2.19. The first-order valence-corrected chi connectivity index (χ1v) is 4.99. The maximum atomic E-state index is 10.2. The summed E-state index contributed by atoms with van der Waals surface area (Å²) >= 11 is 1.81. The zero-order valence-electron chi connectivity index (χ0n) is 6.97. The van der Waals surface area contributed by atoms with Gasteiger partial charge in [0.25, 0.3) is 0 Å². The molecule has 65 valence electrons. The van der Waals surface area contributed by atoms with Crippen LogP contribution in [-0.2, 0) is 9.53 Å². The van der Waals surface area contributed by atoms with Crippen LogP contribution in [0.15, 0.2) is 0 Å². The molecule has 0 amide bonds. The molecule has 0 saturated heterocycles. The molecule has 2 nitrogen and oxygen atoms in total. The highest BCUT2D eigenvalue weighted by Gasteiger charge is 1.92. The standard InChI is InChI=1S/C8H15O2S/c1-3-4-6-11-7-5-10-8(2)9/h2-7H2,1H3. The molecule has 0 rings (SSSR count). The van der Waals surface area contributed by atoms with Crippen LogP contribution in [0.4, 0.5) is 0 Å². The van der Waals surface area contributed by atoms with Crippen LogP contribution in [0.5, 0.6) is 0 Å². The van der Waals surface area contributed by atoms with Crippen molar-refractivity contribution in [1.29, 1.82) is 0 Å². The number of hydrogen-bond donors (Lipinski definition) is 0. The van der Waals surface area contributed by atoms with Gasteiger partial charge in [0.05, 0.1) is 6.92 Å². The van der Waals surface area contributed by atoms with Crippen molar-refractivity contribution in [2.45, 2.75) is 19.8 Å². The molecule has 1 radical (unpaired) electrons. The second kappa shape index (κ2) is 7.92. The van der Waals surface area contributed by atoms with E-state index in [1.165, 1.54) is 12.8 Å². The number of ether oxygens (including phenoxy) is 1. The summed E-state index contributed by atoms with van der Waals surface area (Å²) in [6.07, 6.45) is 2.46. The fourth-order valence-corrected chi connectivity index (χ4v) is 1.46. The van der Waals surface area contributed by atoms with E-state index in [9.17, 15) is 4.79 Å². The largest absolute Gasteiger partial charge is 0.465 e. The number of unbranched alkanes of at least 4 members (excludes halogenated alkanes) is 1. The van der Waals surface area contributed by atoms with Crippen LogP contribution in [0.1, 0.15) is 19.8 Å². The van der Waals surface area contributed by atoms with Crippen LogP contribution in [0.3, 0.4) is 0 Å². The van der Waals surface area contributed by atoms with E-state index in [2.05, 4.69) is 18.6 Å². The summed E-state index contributed by atoms with van der Waals surface area (Å²) in [6.45, 7) is 5.76. The number of hydrogen-bond acceptors (Lipinski definition) is 3. The van der Waals surface area contributed by atoms with Gasteiger partial charge in [-0.05, 0) is 12.2 Å². The lowest BCUT2D eigenvalue weighted by Gasteiger charge is -2.00. The molecule has 0 spiro atoms. The van der Waals surface area contributed by atoms with Crippen molar-refractivity contribution in [2.75, 3.05) is 18.1 Å². The van der Waals surface area contributed by atoms with E-state index in [-0.39, 0.29) is 0 Å². The highest BCUT2D eigenvalue weighted by atomic mass is 32.2. The normalized spacial score (nSPS) is 9.64. The Balaban J connectivity index is 2.85. The molecule has 0 atom stereocenters. The zero-order valence-corrected chi connectivity index (χ0v) is 7.78. The minimum atomic E-state index is -0.430. The van der Waals surface area contributed by atoms with Crippen molar-refractivity contribution in [3.8, 4) is 0 Å². The van der Waals surface area contributed by atoms with E-state index >= 15 is 0 Å². The van der Waals surface area contributed by atoms with Crippen LogP contribution in [0.2, 0.25) is 0 Å². The third-order valence-electron chi connectivity index (χ3n) is 1.13. The van der Waals surface area contributed by atoms with Gasteiger partial charge in [0.15, 0.2) is 0 Å². The summed E-state index contributed by atoms with van der Waals surface area (Å²) in [5.41, 5.74) is 0. The van der Waals surface area contributed by atoms with Gasteiger partial charge in [0.2, 0.25) is 0 Å². The Hall–Kier alpha value is -0.180. The highest BCUT2D eigenvalue weighted by molar-refractivity contribution is 7.99. The molecule has 0 unspecified atom stereocenters. The first kappa shape index (κ1) is 10.8. The number of carbonyl (C=O) groups is 1. The van der Waals surface area contributed by atoms with E-state index in [4.69, 9.17) is 0 Å². The molecule has 0 fully saturated rings. The van der Waals surface area contributed by atoms with Crippen LogP contribution in [0, 0.1) is 6.92 Å². The van der Waals surface area contributed by atoms with E-state index in [0.717, 1.165) is 11.5 Å². The predicted molar refractivity (Wildman–Crippen MR) is 48.5 cm³/mol. The van der Waals surface area contributed by atoms with Crippen molar-refractivity contribution in [3.63, 3.8) is 0 Å². The number of carbonyl (C=O) groups excluding carboxylic acids is 1. The van der Waals surface area contributed by atoms with Crippen molar-refractivity contribution >= 4 is 17.7 Å². The molecule has 0 aliphatic rings. The zero-order chi connectivity index (χ0) is 8.53. The average molecular weight is 175 g/mol. The van der Waals surface area contributed by atoms with Gasteiger partial charge in [-0.25, -0.2) is 0 Å². The maximum Gasteiger partial charge on any atom is 0.306 e. The van der Waals surface area contributed by atoms with Crippen LogP contribution < -0.4 is 0 Å². The quantitative estimate of drug-likeness (QED) is 0.455. The third-order valence-corrected chi connectivity index (χ3v) is 2.17. The predicted octanol–water partition coefficient (Wildman–Crippen LogP) is 1.90. The minimum Gasteiger partial charge on any atom is -0.465 e. The third kappa shape index (κ3) is 9.82. The molecule has 0 aromatic carbocycles. The van der Waals surface area contributed by atoms with E-state index in [1.54, 1.807) is 0 Å². The lowest BCUT2D eigenvalue weighted by Crippen LogP contribution is -2.02. The molecule has 11 heavy (non-hydrogen) atoms. The van der Waals surface area contributed by atoms with E-state index in [1.807, 2.05) is 11.8 Å². The van der Waals surface area contributed by atoms with Gasteiger partial charge >= 0.3 is 5.97 Å². The van der Waals surface area contributed by atoms with Crippen molar-refractivity contribution in [1.82, 2.24) is 0 Å². The molecule has 0 heterocycles. The first-order chi connectivity index (χ1) is 5.27. The van der Waals surface area contributed by atoms with Gasteiger partial charge in [-0.1, -0.05) is 13.3 Å². The van der Waals surface area contributed by atoms with Gasteiger partial charge in [-0.2, -0.15) is 11.8 Å². The molecule has 0 aromatic rings. The Morgan fingerprint density at radius 3 is 2.82 bits per heavy atom. The number of esters is 1. The molecule has 3 heteroatoms. The summed E-state index contributed by atoms with van der Waals surface area (Å²) in [5.74, 6) is 1.62. The molecule has 0 aliphatic heterocycles. The molecule has 0 bridgehead atoms. The number of rotatable bonds is 6. The summed E-state index contributed by atoms with van der Waals surface area (Å²) in [6, 6.07) is 0. The van der Waals surface area contributed by atoms with Gasteiger partial charge < -0.3 is 4.74 Å². The molecular weight excluding hydrogens is 160 g/mol. The summed E-state index contributed by atoms with van der Waals surface area (Å²) < 4.78 is 4.65.